The molecule has 1 aliphatic rings. The van der Waals surface area contributed by atoms with Crippen LogP contribution in [0.2, 0.25) is 0 Å². The summed E-state index contributed by atoms with van der Waals surface area (Å²) < 4.78 is 0. The lowest BCUT2D eigenvalue weighted by molar-refractivity contribution is -0.127. The third-order valence-electron chi connectivity index (χ3n) is 5.02. The van der Waals surface area contributed by atoms with Gasteiger partial charge < -0.3 is 4.79 Å². The Labute approximate surface area is 181 Å². The highest BCUT2D eigenvalue weighted by molar-refractivity contribution is 5.81. The summed E-state index contributed by atoms with van der Waals surface area (Å²) in [4.78, 5) is 20.7. The largest absolute Gasteiger partial charge is 0.304 e. The fourth-order valence-electron chi connectivity index (χ4n) is 4.10. The summed E-state index contributed by atoms with van der Waals surface area (Å²) in [5.74, 6) is 0.236. The molecular weight excluding hydrogens is 362 g/mol. The number of nitrogens with zero attached hydrogens (tertiary/aromatic N) is 2. The van der Waals surface area contributed by atoms with Crippen LogP contribution in [-0.2, 0) is 9.59 Å². The second kappa shape index (κ2) is 11.1. The fourth-order valence-corrected chi connectivity index (χ4v) is 4.10. The van der Waals surface area contributed by atoms with Gasteiger partial charge in [0.1, 0.15) is 12.1 Å². The van der Waals surface area contributed by atoms with E-state index in [2.05, 4.69) is 77.3 Å². The van der Waals surface area contributed by atoms with E-state index in [4.69, 9.17) is 4.79 Å². The molecule has 29 heavy (non-hydrogen) atoms. The summed E-state index contributed by atoms with van der Waals surface area (Å²) in [6.45, 7) is 27.0. The zero-order valence-electron chi connectivity index (χ0n) is 21.8. The first-order valence-electron chi connectivity index (χ1n) is 10.8. The normalized spacial score (nSPS) is 15.0. The van der Waals surface area contributed by atoms with Gasteiger partial charge >= 0.3 is 0 Å². The molecule has 1 N–H and O–H groups in total. The van der Waals surface area contributed by atoms with E-state index < -0.39 is 0 Å². The van der Waals surface area contributed by atoms with Gasteiger partial charge in [-0.25, -0.2) is 0 Å². The van der Waals surface area contributed by atoms with Crippen molar-refractivity contribution < 1.29 is 9.59 Å². The molecule has 0 amide bonds. The van der Waals surface area contributed by atoms with Gasteiger partial charge in [-0.1, -0.05) is 62.3 Å². The minimum absolute atomic E-state index is 0.0704. The molecule has 0 spiro atoms. The van der Waals surface area contributed by atoms with Crippen LogP contribution in [0.3, 0.4) is 0 Å². The van der Waals surface area contributed by atoms with E-state index in [1.54, 1.807) is 6.92 Å². The highest BCUT2D eigenvalue weighted by atomic mass is 16.1. The van der Waals surface area contributed by atoms with Crippen LogP contribution >= 0.6 is 0 Å². The molecule has 0 radical (unpaired) electrons. The molecule has 1 heterocycles. The molecule has 1 aliphatic heterocycles. The number of carbonyl (C=O) groups is 2. The number of hydrazine groups is 2. The summed E-state index contributed by atoms with van der Waals surface area (Å²) in [5, 5.41) is 4.28. The number of Topliss-reactive ketones (excluding diaryl/α,β-unsaturated/α-hetero) is 1. The molecule has 1 rings (SSSR count). The molecule has 5 heteroatoms. The number of allylic oxidation sites excluding steroid dienone is 1. The first kappa shape index (κ1) is 29.8. The van der Waals surface area contributed by atoms with E-state index in [1.807, 2.05) is 27.7 Å². The number of rotatable bonds is 6. The van der Waals surface area contributed by atoms with E-state index in [9.17, 15) is 4.79 Å². The summed E-state index contributed by atoms with van der Waals surface area (Å²) >= 11 is 0. The molecule has 0 aromatic carbocycles. The Hall–Kier alpha value is -1.36. The van der Waals surface area contributed by atoms with Crippen molar-refractivity contribution in [3.05, 3.63) is 11.9 Å². The molecule has 0 saturated heterocycles. The molecule has 0 bridgehead atoms. The zero-order valence-corrected chi connectivity index (χ0v) is 21.8. The third kappa shape index (κ3) is 9.79. The summed E-state index contributed by atoms with van der Waals surface area (Å²) in [6, 6.07) is 0. The van der Waals surface area contributed by atoms with Crippen molar-refractivity contribution in [3.63, 3.8) is 0 Å². The minimum Gasteiger partial charge on any atom is -0.304 e. The lowest BCUT2D eigenvalue weighted by atomic mass is 9.74. The SMILES string of the molecule is CC.CC(=O)C(C)(C)CC(C)(C)N1C=C(C(C)(C)CC(C)(C)C)N(C)N1.CC=O. The number of aldehydes is 1. The van der Waals surface area contributed by atoms with Gasteiger partial charge in [0.05, 0.1) is 11.2 Å². The number of carbonyl (C=O) groups excluding carboxylic acids is 2. The van der Waals surface area contributed by atoms with Crippen molar-refractivity contribution in [1.82, 2.24) is 15.6 Å². The van der Waals surface area contributed by atoms with Crippen molar-refractivity contribution in [2.75, 3.05) is 7.05 Å². The van der Waals surface area contributed by atoms with Gasteiger partial charge in [0, 0.05) is 24.1 Å². The van der Waals surface area contributed by atoms with Gasteiger partial charge in [-0.3, -0.25) is 14.8 Å². The summed E-state index contributed by atoms with van der Waals surface area (Å²) in [6.07, 6.45) is 4.87. The molecular formula is C24H49N3O2. The summed E-state index contributed by atoms with van der Waals surface area (Å²) in [5.41, 5.74) is 4.59. The van der Waals surface area contributed by atoms with Gasteiger partial charge in [0.25, 0.3) is 0 Å². The predicted molar refractivity (Wildman–Crippen MR) is 125 cm³/mol. The maximum atomic E-state index is 11.9. The van der Waals surface area contributed by atoms with E-state index in [0.717, 1.165) is 19.1 Å². The Morgan fingerprint density at radius 2 is 1.41 bits per heavy atom. The topological polar surface area (TPSA) is 52.7 Å². The Bertz CT molecular complexity index is 555. The van der Waals surface area contributed by atoms with Gasteiger partial charge in [-0.05, 0) is 46.0 Å². The van der Waals surface area contributed by atoms with Crippen molar-refractivity contribution in [2.24, 2.45) is 16.2 Å². The van der Waals surface area contributed by atoms with E-state index in [0.29, 0.717) is 0 Å². The Morgan fingerprint density at radius 3 is 1.76 bits per heavy atom. The fraction of sp³-hybridized carbons (Fsp3) is 0.833. The molecule has 0 fully saturated rings. The van der Waals surface area contributed by atoms with Gasteiger partial charge in [0.15, 0.2) is 0 Å². The van der Waals surface area contributed by atoms with Crippen molar-refractivity contribution in [3.8, 4) is 0 Å². The number of hydrogen-bond acceptors (Lipinski definition) is 5. The van der Waals surface area contributed by atoms with Crippen LogP contribution in [0.25, 0.3) is 0 Å². The number of ketones is 1. The third-order valence-corrected chi connectivity index (χ3v) is 5.02. The molecule has 0 saturated carbocycles. The number of nitrogens with one attached hydrogen (secondary N) is 1. The van der Waals surface area contributed by atoms with Crippen LogP contribution < -0.4 is 5.53 Å². The first-order chi connectivity index (χ1) is 12.9. The van der Waals surface area contributed by atoms with Crippen LogP contribution in [0.1, 0.15) is 103 Å². The molecule has 0 aromatic rings. The number of hydrogen-bond donors (Lipinski definition) is 1. The van der Waals surface area contributed by atoms with Crippen LogP contribution in [0, 0.1) is 16.2 Å². The second-order valence-corrected chi connectivity index (χ2v) is 10.8. The highest BCUT2D eigenvalue weighted by Crippen LogP contribution is 2.42. The van der Waals surface area contributed by atoms with Gasteiger partial charge in [-0.2, -0.15) is 0 Å². The first-order valence-corrected chi connectivity index (χ1v) is 10.8. The van der Waals surface area contributed by atoms with Gasteiger partial charge in [0.2, 0.25) is 0 Å². The summed E-state index contributed by atoms with van der Waals surface area (Å²) in [7, 11) is 2.07. The lowest BCUT2D eigenvalue weighted by Gasteiger charge is -2.40. The van der Waals surface area contributed by atoms with Crippen molar-refractivity contribution in [2.45, 2.75) is 108 Å². The van der Waals surface area contributed by atoms with Crippen molar-refractivity contribution in [1.29, 1.82) is 0 Å². The zero-order chi connectivity index (χ0) is 23.8. The predicted octanol–water partition coefficient (Wildman–Crippen LogP) is 5.97. The molecule has 0 unspecified atom stereocenters. The van der Waals surface area contributed by atoms with Crippen LogP contribution in [-0.4, -0.2) is 34.7 Å². The average molecular weight is 412 g/mol. The molecule has 0 atom stereocenters. The van der Waals surface area contributed by atoms with Crippen molar-refractivity contribution >= 4 is 12.1 Å². The smallest absolute Gasteiger partial charge is 0.135 e. The van der Waals surface area contributed by atoms with E-state index in [-0.39, 0.29) is 27.6 Å². The van der Waals surface area contributed by atoms with Crippen LogP contribution in [0.5, 0.6) is 0 Å². The average Bonchev–Trinajstić information content (AvgIpc) is 2.90. The van der Waals surface area contributed by atoms with E-state index >= 15 is 0 Å². The van der Waals surface area contributed by atoms with Gasteiger partial charge in [-0.15, -0.1) is 5.53 Å². The minimum atomic E-state index is -0.332. The molecule has 0 aromatic heterocycles. The Kier molecular flexibility index (Phi) is 11.5. The van der Waals surface area contributed by atoms with Crippen LogP contribution in [0.15, 0.2) is 11.9 Å². The molecule has 5 nitrogen and oxygen atoms in total. The maximum Gasteiger partial charge on any atom is 0.135 e. The maximum absolute atomic E-state index is 11.9. The lowest BCUT2D eigenvalue weighted by Crippen LogP contribution is -2.52. The van der Waals surface area contributed by atoms with E-state index in [1.165, 1.54) is 12.6 Å². The highest BCUT2D eigenvalue weighted by Gasteiger charge is 2.41. The standard InChI is InChI=1S/C20H39N3O.C2H4O.C2H6/c1-15(24)18(5,6)14-20(9,10)23-12-16(22(11)21-23)19(7,8)13-17(2,3)4;1-2-3;1-2/h12,21H,13-14H2,1-11H3;2H,1H3;1-2H3. The Morgan fingerprint density at radius 1 is 1.00 bits per heavy atom. The second-order valence-electron chi connectivity index (χ2n) is 10.8. The molecule has 0 aliphatic carbocycles. The monoisotopic (exact) mass is 411 g/mol. The quantitative estimate of drug-likeness (QED) is 0.545. The Balaban J connectivity index is 0. The van der Waals surface area contributed by atoms with Crippen LogP contribution in [0.4, 0.5) is 0 Å². The molecule has 172 valence electrons.